The largest absolute Gasteiger partial charge is 0.309 e. The molecule has 0 aromatic heterocycles. The molecule has 1 rings (SSSR count). The van der Waals surface area contributed by atoms with Gasteiger partial charge in [-0.25, -0.2) is 0 Å². The number of nitrogens with zero attached hydrogens (tertiary/aromatic N) is 1. The lowest BCUT2D eigenvalue weighted by molar-refractivity contribution is 0.349. The number of benzene rings is 1. The summed E-state index contributed by atoms with van der Waals surface area (Å²) in [5.74, 6) is 0. The van der Waals surface area contributed by atoms with E-state index in [1.54, 1.807) is 0 Å². The molecule has 84 valence electrons. The van der Waals surface area contributed by atoms with Crippen LogP contribution in [0.3, 0.4) is 0 Å². The van der Waals surface area contributed by atoms with Gasteiger partial charge in [0.15, 0.2) is 0 Å². The molecule has 2 nitrogen and oxygen atoms in total. The Morgan fingerprint density at radius 1 is 1.27 bits per heavy atom. The normalized spacial score (nSPS) is 13.1. The van der Waals surface area contributed by atoms with E-state index in [1.807, 2.05) is 0 Å². The molecule has 1 aromatic rings. The fraction of sp³-hybridized carbons (Fsp3) is 0.500. The fourth-order valence-electron chi connectivity index (χ4n) is 1.51. The van der Waals surface area contributed by atoms with Gasteiger partial charge < -0.3 is 10.2 Å². The molecule has 0 heterocycles. The summed E-state index contributed by atoms with van der Waals surface area (Å²) in [6.45, 7) is 4.21. The van der Waals surface area contributed by atoms with Crippen LogP contribution in [0.4, 0.5) is 0 Å². The number of nitrogens with one attached hydrogen (secondary N) is 1. The highest BCUT2D eigenvalue weighted by Gasteiger charge is 2.02. The number of rotatable bonds is 5. The topological polar surface area (TPSA) is 15.3 Å². The molecule has 0 bridgehead atoms. The van der Waals surface area contributed by atoms with Gasteiger partial charge in [-0.15, -0.1) is 0 Å². The molecule has 1 atom stereocenters. The van der Waals surface area contributed by atoms with Gasteiger partial charge in [0.25, 0.3) is 0 Å². The SMILES string of the molecule is CC(CN(C)C)NCc1ccc(Br)cc1. The van der Waals surface area contributed by atoms with E-state index in [2.05, 4.69) is 71.4 Å². The van der Waals surface area contributed by atoms with E-state index in [0.717, 1.165) is 17.6 Å². The maximum Gasteiger partial charge on any atom is 0.0208 e. The highest BCUT2D eigenvalue weighted by atomic mass is 79.9. The molecule has 3 heteroatoms. The predicted molar refractivity (Wildman–Crippen MR) is 69.0 cm³/mol. The maximum atomic E-state index is 3.49. The Labute approximate surface area is 101 Å². The van der Waals surface area contributed by atoms with Crippen molar-refractivity contribution in [2.24, 2.45) is 0 Å². The van der Waals surface area contributed by atoms with Crippen LogP contribution in [0.15, 0.2) is 28.7 Å². The molecular formula is C12H19BrN2. The van der Waals surface area contributed by atoms with Gasteiger partial charge in [-0.2, -0.15) is 0 Å². The molecule has 15 heavy (non-hydrogen) atoms. The van der Waals surface area contributed by atoms with Gasteiger partial charge in [0.2, 0.25) is 0 Å². The van der Waals surface area contributed by atoms with Crippen molar-refractivity contribution in [1.29, 1.82) is 0 Å². The van der Waals surface area contributed by atoms with E-state index in [4.69, 9.17) is 0 Å². The highest BCUT2D eigenvalue weighted by Crippen LogP contribution is 2.10. The Hall–Kier alpha value is -0.380. The molecule has 1 N–H and O–H groups in total. The second kappa shape index (κ2) is 6.26. The van der Waals surface area contributed by atoms with Crippen LogP contribution in [0.5, 0.6) is 0 Å². The van der Waals surface area contributed by atoms with Crippen LogP contribution >= 0.6 is 15.9 Å². The van der Waals surface area contributed by atoms with E-state index in [9.17, 15) is 0 Å². The second-order valence-corrected chi connectivity index (χ2v) is 5.09. The molecule has 0 aliphatic carbocycles. The summed E-state index contributed by atoms with van der Waals surface area (Å²) in [7, 11) is 4.19. The summed E-state index contributed by atoms with van der Waals surface area (Å²) < 4.78 is 1.13. The minimum Gasteiger partial charge on any atom is -0.309 e. The van der Waals surface area contributed by atoms with Gasteiger partial charge in [-0.3, -0.25) is 0 Å². The molecule has 0 radical (unpaired) electrons. The molecule has 0 aliphatic rings. The third-order valence-corrected chi connectivity index (χ3v) is 2.74. The first-order valence-corrected chi connectivity index (χ1v) is 6.00. The summed E-state index contributed by atoms with van der Waals surface area (Å²) in [6.07, 6.45) is 0. The van der Waals surface area contributed by atoms with Gasteiger partial charge in [-0.05, 0) is 38.7 Å². The molecule has 0 saturated heterocycles. The zero-order valence-corrected chi connectivity index (χ0v) is 11.2. The lowest BCUT2D eigenvalue weighted by Gasteiger charge is -2.18. The van der Waals surface area contributed by atoms with Crippen LogP contribution in [0.1, 0.15) is 12.5 Å². The Morgan fingerprint density at radius 3 is 2.40 bits per heavy atom. The molecule has 0 spiro atoms. The zero-order chi connectivity index (χ0) is 11.3. The van der Waals surface area contributed by atoms with Gasteiger partial charge in [0.05, 0.1) is 0 Å². The average Bonchev–Trinajstić information content (AvgIpc) is 2.16. The highest BCUT2D eigenvalue weighted by molar-refractivity contribution is 9.10. The Bertz CT molecular complexity index is 282. The van der Waals surface area contributed by atoms with E-state index in [-0.39, 0.29) is 0 Å². The van der Waals surface area contributed by atoms with Crippen molar-refractivity contribution < 1.29 is 0 Å². The van der Waals surface area contributed by atoms with E-state index in [1.165, 1.54) is 5.56 Å². The minimum atomic E-state index is 0.517. The third kappa shape index (κ3) is 5.30. The molecule has 1 aromatic carbocycles. The molecule has 0 amide bonds. The van der Waals surface area contributed by atoms with Crippen molar-refractivity contribution in [3.05, 3.63) is 34.3 Å². The maximum absolute atomic E-state index is 3.49. The Morgan fingerprint density at radius 2 is 1.87 bits per heavy atom. The Balaban J connectivity index is 2.33. The van der Waals surface area contributed by atoms with Crippen LogP contribution in [-0.2, 0) is 6.54 Å². The number of hydrogen-bond donors (Lipinski definition) is 1. The van der Waals surface area contributed by atoms with E-state index in [0.29, 0.717) is 6.04 Å². The summed E-state index contributed by atoms with van der Waals surface area (Å²) in [5.41, 5.74) is 1.32. The van der Waals surface area contributed by atoms with Crippen molar-refractivity contribution in [2.45, 2.75) is 19.5 Å². The van der Waals surface area contributed by atoms with Crippen molar-refractivity contribution in [3.8, 4) is 0 Å². The quantitative estimate of drug-likeness (QED) is 0.885. The first-order valence-electron chi connectivity index (χ1n) is 5.20. The zero-order valence-electron chi connectivity index (χ0n) is 9.63. The van der Waals surface area contributed by atoms with Crippen molar-refractivity contribution in [1.82, 2.24) is 10.2 Å². The van der Waals surface area contributed by atoms with Crippen LogP contribution in [-0.4, -0.2) is 31.6 Å². The smallest absolute Gasteiger partial charge is 0.0208 e. The van der Waals surface area contributed by atoms with E-state index < -0.39 is 0 Å². The lowest BCUT2D eigenvalue weighted by Crippen LogP contribution is -2.35. The summed E-state index contributed by atoms with van der Waals surface area (Å²) in [6, 6.07) is 8.95. The first-order chi connectivity index (χ1) is 7.08. The first kappa shape index (κ1) is 12.7. The molecular weight excluding hydrogens is 252 g/mol. The van der Waals surface area contributed by atoms with Gasteiger partial charge in [-0.1, -0.05) is 28.1 Å². The van der Waals surface area contributed by atoms with Crippen LogP contribution < -0.4 is 5.32 Å². The molecule has 0 fully saturated rings. The molecule has 1 unspecified atom stereocenters. The third-order valence-electron chi connectivity index (χ3n) is 2.21. The van der Waals surface area contributed by atoms with Crippen LogP contribution in [0, 0.1) is 0 Å². The standard InChI is InChI=1S/C12H19BrN2/c1-10(9-15(2)3)14-8-11-4-6-12(13)7-5-11/h4-7,10,14H,8-9H2,1-3H3. The number of halogens is 1. The van der Waals surface area contributed by atoms with Crippen molar-refractivity contribution >= 4 is 15.9 Å². The number of likely N-dealkylation sites (N-methyl/N-ethyl adjacent to an activating group) is 1. The van der Waals surface area contributed by atoms with E-state index >= 15 is 0 Å². The summed E-state index contributed by atoms with van der Waals surface area (Å²) >= 11 is 3.43. The second-order valence-electron chi connectivity index (χ2n) is 4.17. The lowest BCUT2D eigenvalue weighted by atomic mass is 10.2. The van der Waals surface area contributed by atoms with Crippen LogP contribution in [0.25, 0.3) is 0 Å². The van der Waals surface area contributed by atoms with Gasteiger partial charge in [0, 0.05) is 23.6 Å². The monoisotopic (exact) mass is 270 g/mol. The Kier molecular flexibility index (Phi) is 5.29. The molecule has 0 aliphatic heterocycles. The number of hydrogen-bond acceptors (Lipinski definition) is 2. The predicted octanol–water partition coefficient (Wildman–Crippen LogP) is 2.49. The average molecular weight is 271 g/mol. The van der Waals surface area contributed by atoms with Gasteiger partial charge >= 0.3 is 0 Å². The van der Waals surface area contributed by atoms with Crippen molar-refractivity contribution in [3.63, 3.8) is 0 Å². The molecule has 0 saturated carbocycles. The van der Waals surface area contributed by atoms with Gasteiger partial charge in [0.1, 0.15) is 0 Å². The summed E-state index contributed by atoms with van der Waals surface area (Å²) in [4.78, 5) is 2.19. The fourth-order valence-corrected chi connectivity index (χ4v) is 1.77. The minimum absolute atomic E-state index is 0.517. The van der Waals surface area contributed by atoms with Crippen molar-refractivity contribution in [2.75, 3.05) is 20.6 Å². The summed E-state index contributed by atoms with van der Waals surface area (Å²) in [5, 5.41) is 3.49. The van der Waals surface area contributed by atoms with Crippen LogP contribution in [0.2, 0.25) is 0 Å².